The van der Waals surface area contributed by atoms with Crippen LogP contribution in [-0.4, -0.2) is 67.1 Å². The van der Waals surface area contributed by atoms with E-state index in [-0.39, 0.29) is 23.9 Å². The number of amides is 2. The number of alkyl carbamates (subject to hydrolysis) is 1. The number of ether oxygens (including phenoxy) is 2. The predicted molar refractivity (Wildman–Crippen MR) is 215 cm³/mol. The summed E-state index contributed by atoms with van der Waals surface area (Å²) in [5.41, 5.74) is 5.27. The number of carbonyl (C=O) groups excluding carboxylic acids is 2. The Hall–Kier alpha value is -5.47. The van der Waals surface area contributed by atoms with Crippen molar-refractivity contribution in [3.05, 3.63) is 88.1 Å². The van der Waals surface area contributed by atoms with E-state index < -0.39 is 24.2 Å². The highest BCUT2D eigenvalue weighted by Crippen LogP contribution is 2.49. The van der Waals surface area contributed by atoms with Crippen LogP contribution in [0.3, 0.4) is 0 Å². The van der Waals surface area contributed by atoms with Gasteiger partial charge in [-0.1, -0.05) is 26.8 Å². The molecule has 0 bridgehead atoms. The molecule has 2 unspecified atom stereocenters. The summed E-state index contributed by atoms with van der Waals surface area (Å²) < 4.78 is 30.4. The fourth-order valence-corrected chi connectivity index (χ4v) is 10.0. The van der Waals surface area contributed by atoms with E-state index in [4.69, 9.17) is 19.4 Å². The van der Waals surface area contributed by atoms with Gasteiger partial charge in [-0.15, -0.1) is 11.3 Å². The molecule has 4 aliphatic rings. The molecule has 7 heterocycles. The molecule has 10 rings (SSSR count). The second kappa shape index (κ2) is 13.9. The van der Waals surface area contributed by atoms with Gasteiger partial charge in [0.25, 0.3) is 0 Å². The number of hydrogen-bond donors (Lipinski definition) is 4. The Labute approximate surface area is 333 Å². The lowest BCUT2D eigenvalue weighted by atomic mass is 10.0. The van der Waals surface area contributed by atoms with Gasteiger partial charge in [0.2, 0.25) is 12.1 Å². The number of halogens is 1. The molecule has 12 nitrogen and oxygen atoms in total. The van der Waals surface area contributed by atoms with Crippen LogP contribution in [0.15, 0.2) is 60.9 Å². The van der Waals surface area contributed by atoms with Crippen molar-refractivity contribution in [2.75, 3.05) is 13.7 Å². The number of rotatable bonds is 9. The number of nitrogens with one attached hydrogen (secondary N) is 4. The van der Waals surface area contributed by atoms with E-state index in [1.807, 2.05) is 26.1 Å². The minimum atomic E-state index is -0.742. The van der Waals surface area contributed by atoms with Crippen molar-refractivity contribution in [1.29, 1.82) is 0 Å². The van der Waals surface area contributed by atoms with E-state index in [9.17, 15) is 9.59 Å². The van der Waals surface area contributed by atoms with Crippen molar-refractivity contribution in [3.63, 3.8) is 0 Å². The fraction of sp³-hybridized carbons (Fsp3) is 0.395. The number of thiophene rings is 1. The summed E-state index contributed by atoms with van der Waals surface area (Å²) >= 11 is 1.70. The first-order valence-corrected chi connectivity index (χ1v) is 20.7. The SMILES string of the molecule is CCc1ccc(C2Oc3cc(-c4cnc([C@@H]5CCCN5C(=O)[C@@H](NC(=O)OC)C(C)C)[nH]4)cc(F)c3-c3cc4cc(-c5cnc([C@@H]6CC7C[C@H]7N6)[nH]5)ccc4n32)s1. The Bertz CT molecular complexity index is 2530. The van der Waals surface area contributed by atoms with Gasteiger partial charge in [0.15, 0.2) is 0 Å². The Balaban J connectivity index is 0.988. The molecule has 6 atom stereocenters. The third-order valence-corrected chi connectivity index (χ3v) is 13.4. The number of aryl methyl sites for hydroxylation is 1. The summed E-state index contributed by atoms with van der Waals surface area (Å²) in [5.74, 6) is 2.06. The molecule has 2 saturated heterocycles. The quantitative estimate of drug-likeness (QED) is 0.116. The lowest BCUT2D eigenvalue weighted by Gasteiger charge is -2.30. The molecule has 1 aliphatic carbocycles. The molecule has 2 amide bonds. The van der Waals surface area contributed by atoms with Crippen LogP contribution < -0.4 is 15.4 Å². The normalized spacial score (nSPS) is 22.6. The fourth-order valence-electron chi connectivity index (χ4n) is 9.04. The van der Waals surface area contributed by atoms with E-state index in [2.05, 4.69) is 68.5 Å². The van der Waals surface area contributed by atoms with E-state index in [0.717, 1.165) is 63.7 Å². The summed E-state index contributed by atoms with van der Waals surface area (Å²) in [7, 11) is 1.28. The summed E-state index contributed by atoms with van der Waals surface area (Å²) in [6.07, 6.45) is 7.24. The number of aromatic nitrogens is 5. The molecule has 1 saturated carbocycles. The molecule has 0 radical (unpaired) electrons. The number of piperidine rings is 1. The number of fused-ring (bicyclic) bond motifs is 6. The number of nitrogens with zero attached hydrogens (tertiary/aromatic N) is 4. The highest BCUT2D eigenvalue weighted by atomic mass is 32.1. The van der Waals surface area contributed by atoms with Crippen LogP contribution >= 0.6 is 11.3 Å². The highest BCUT2D eigenvalue weighted by Gasteiger charge is 2.47. The van der Waals surface area contributed by atoms with Gasteiger partial charge in [-0.05, 0) is 86.4 Å². The van der Waals surface area contributed by atoms with Crippen LogP contribution in [-0.2, 0) is 16.0 Å². The number of likely N-dealkylation sites (tertiary alicyclic amines) is 1. The molecule has 3 fully saturated rings. The van der Waals surface area contributed by atoms with Crippen molar-refractivity contribution in [1.82, 2.24) is 40.0 Å². The topological polar surface area (TPSA) is 142 Å². The molecule has 4 aromatic heterocycles. The minimum Gasteiger partial charge on any atom is -0.464 e. The van der Waals surface area contributed by atoms with Gasteiger partial charge < -0.3 is 35.0 Å². The molecular weight excluding hydrogens is 744 g/mol. The van der Waals surface area contributed by atoms with Crippen LogP contribution in [0.25, 0.3) is 44.7 Å². The van der Waals surface area contributed by atoms with E-state index in [0.29, 0.717) is 47.4 Å². The summed E-state index contributed by atoms with van der Waals surface area (Å²) in [5, 5.41) is 7.35. The van der Waals surface area contributed by atoms with Crippen molar-refractivity contribution in [2.45, 2.75) is 83.3 Å². The smallest absolute Gasteiger partial charge is 0.407 e. The molecule has 6 aromatic rings. The average Bonchev–Trinajstić information content (AvgIpc) is 3.98. The number of methoxy groups -OCH3 is 1. The first-order valence-electron chi connectivity index (χ1n) is 19.9. The van der Waals surface area contributed by atoms with E-state index >= 15 is 4.39 Å². The van der Waals surface area contributed by atoms with Crippen molar-refractivity contribution >= 4 is 34.2 Å². The lowest BCUT2D eigenvalue weighted by molar-refractivity contribution is -0.135. The zero-order valence-corrected chi connectivity index (χ0v) is 33.1. The summed E-state index contributed by atoms with van der Waals surface area (Å²) in [6.45, 7) is 6.44. The zero-order valence-electron chi connectivity index (χ0n) is 32.3. The minimum absolute atomic E-state index is 0.148. The van der Waals surface area contributed by atoms with Gasteiger partial charge in [0.1, 0.15) is 29.3 Å². The number of H-pyrrole nitrogens is 2. The van der Waals surface area contributed by atoms with Crippen molar-refractivity contribution in [3.8, 4) is 39.5 Å². The van der Waals surface area contributed by atoms with Gasteiger partial charge in [0, 0.05) is 34.0 Å². The number of imidazole rings is 2. The summed E-state index contributed by atoms with van der Waals surface area (Å²) in [6, 6.07) is 15.9. The summed E-state index contributed by atoms with van der Waals surface area (Å²) in [4.78, 5) is 46.2. The van der Waals surface area contributed by atoms with Gasteiger partial charge in [-0.3, -0.25) is 9.36 Å². The maximum Gasteiger partial charge on any atom is 0.407 e. The van der Waals surface area contributed by atoms with Crippen LogP contribution in [0.4, 0.5) is 9.18 Å². The Kier molecular flexibility index (Phi) is 8.74. The van der Waals surface area contributed by atoms with Gasteiger partial charge in [-0.25, -0.2) is 19.2 Å². The van der Waals surface area contributed by atoms with Gasteiger partial charge >= 0.3 is 6.09 Å². The van der Waals surface area contributed by atoms with Crippen molar-refractivity contribution in [2.24, 2.45) is 11.8 Å². The second-order valence-electron chi connectivity index (χ2n) is 16.1. The molecule has 2 aromatic carbocycles. The molecular formula is C43H45FN8O4S. The first kappa shape index (κ1) is 35.9. The standard InChI is InChI=1S/C43H45FN8O4S/c1-5-26-9-11-36(57-26)42-52-32-10-8-22(30-19-45-39(48-30)29-16-24-15-28(24)47-29)13-25(32)17-34(52)37-27(44)14-23(18-35(37)56-42)31-20-46-40(49-31)33-7-6-12-51(33)41(53)38(21(2)3)50-43(54)55-4/h8-11,13-14,17-21,24,28-29,33,38,42,47H,5-7,12,15-16H2,1-4H3,(H,45,48)(H,46,49)(H,50,54)/t24?,28-,29+,33+,38+,42?/m1/s1. The second-order valence-corrected chi connectivity index (χ2v) is 17.3. The Morgan fingerprint density at radius 2 is 1.84 bits per heavy atom. The number of carbonyl (C=O) groups is 2. The molecule has 0 spiro atoms. The zero-order chi connectivity index (χ0) is 39.1. The number of aromatic amines is 2. The molecule has 294 valence electrons. The number of hydrogen-bond acceptors (Lipinski definition) is 8. The van der Waals surface area contributed by atoms with Crippen LogP contribution in [0, 0.1) is 17.7 Å². The third kappa shape index (κ3) is 6.20. The maximum atomic E-state index is 16.7. The Morgan fingerprint density at radius 1 is 1.04 bits per heavy atom. The maximum absolute atomic E-state index is 16.7. The molecule has 57 heavy (non-hydrogen) atoms. The molecule has 14 heteroatoms. The Morgan fingerprint density at radius 3 is 2.60 bits per heavy atom. The molecule has 3 aliphatic heterocycles. The van der Waals surface area contributed by atoms with Gasteiger partial charge in [-0.2, -0.15) is 0 Å². The van der Waals surface area contributed by atoms with Crippen LogP contribution in [0.1, 0.15) is 86.2 Å². The third-order valence-electron chi connectivity index (χ3n) is 12.2. The number of benzene rings is 2. The van der Waals surface area contributed by atoms with Crippen LogP contribution in [0.2, 0.25) is 0 Å². The average molecular weight is 789 g/mol. The first-order chi connectivity index (χ1) is 27.7. The largest absolute Gasteiger partial charge is 0.464 e. The van der Waals surface area contributed by atoms with E-state index in [1.54, 1.807) is 22.4 Å². The van der Waals surface area contributed by atoms with E-state index in [1.165, 1.54) is 24.5 Å². The molecule has 4 N–H and O–H groups in total. The monoisotopic (exact) mass is 788 g/mol. The highest BCUT2D eigenvalue weighted by molar-refractivity contribution is 7.12. The lowest BCUT2D eigenvalue weighted by Crippen LogP contribution is -2.51. The van der Waals surface area contributed by atoms with Crippen LogP contribution in [0.5, 0.6) is 5.75 Å². The van der Waals surface area contributed by atoms with Crippen molar-refractivity contribution < 1.29 is 23.5 Å². The van der Waals surface area contributed by atoms with Gasteiger partial charge in [0.05, 0.1) is 64.6 Å². The predicted octanol–water partition coefficient (Wildman–Crippen LogP) is 8.26.